The third-order valence-electron chi connectivity index (χ3n) is 6.67. The first-order valence-electron chi connectivity index (χ1n) is 12.0. The van der Waals surface area contributed by atoms with Crippen molar-refractivity contribution < 1.29 is 50.2 Å². The molecule has 3 N–H and O–H groups in total. The van der Waals surface area contributed by atoms with Crippen LogP contribution in [0.1, 0.15) is 22.8 Å². The lowest BCUT2D eigenvalue weighted by molar-refractivity contribution is -0.185. The van der Waals surface area contributed by atoms with Crippen LogP contribution in [-0.4, -0.2) is 99.0 Å². The number of nitrogen functional groups attached to an aromatic ring is 1. The van der Waals surface area contributed by atoms with Gasteiger partial charge in [0.2, 0.25) is 11.8 Å². The van der Waals surface area contributed by atoms with Gasteiger partial charge in [0.25, 0.3) is 5.91 Å². The number of carbonyl (C=O) groups excluding carboxylic acids is 2. The number of fused-ring (bicyclic) bond motifs is 1. The van der Waals surface area contributed by atoms with Gasteiger partial charge in [-0.1, -0.05) is 0 Å². The van der Waals surface area contributed by atoms with E-state index in [-0.39, 0.29) is 22.7 Å². The lowest BCUT2D eigenvalue weighted by atomic mass is 10.1. The minimum Gasteiger partial charge on any atom is -0.480 e. The Bertz CT molecular complexity index is 1460. The van der Waals surface area contributed by atoms with E-state index in [0.717, 1.165) is 41.2 Å². The normalized spacial score (nSPS) is 18.0. The summed E-state index contributed by atoms with van der Waals surface area (Å²) in [6, 6.07) is 0.590. The highest BCUT2D eigenvalue weighted by molar-refractivity contribution is 5.98. The van der Waals surface area contributed by atoms with E-state index in [1.807, 2.05) is 0 Å². The van der Waals surface area contributed by atoms with Gasteiger partial charge in [0.1, 0.15) is 29.5 Å². The molecule has 0 aromatic carbocycles. The van der Waals surface area contributed by atoms with Crippen LogP contribution in [0.2, 0.25) is 0 Å². The van der Waals surface area contributed by atoms with Gasteiger partial charge in [-0.15, -0.1) is 0 Å². The Morgan fingerprint density at radius 2 is 1.79 bits per heavy atom. The van der Waals surface area contributed by atoms with Crippen LogP contribution in [0.3, 0.4) is 0 Å². The van der Waals surface area contributed by atoms with Crippen molar-refractivity contribution in [2.45, 2.75) is 31.5 Å². The summed E-state index contributed by atoms with van der Waals surface area (Å²) in [4.78, 5) is 34.8. The highest BCUT2D eigenvalue weighted by Gasteiger charge is 2.47. The number of hydrogen-bond donors (Lipinski definition) is 2. The lowest BCUT2D eigenvalue weighted by Crippen LogP contribution is -2.44. The maximum Gasteiger partial charge on any atom is 0.418 e. The second kappa shape index (κ2) is 11.9. The lowest BCUT2D eigenvalue weighted by Gasteiger charge is -2.27. The van der Waals surface area contributed by atoms with Gasteiger partial charge in [-0.3, -0.25) is 9.59 Å². The van der Waals surface area contributed by atoms with Gasteiger partial charge in [0.15, 0.2) is 5.82 Å². The summed E-state index contributed by atoms with van der Waals surface area (Å²) in [5.41, 5.74) is 3.57. The molecule has 0 spiro atoms. The number of aliphatic hydroxyl groups is 1. The third-order valence-corrected chi connectivity index (χ3v) is 6.67. The number of halogens is 7. The average Bonchev–Trinajstić information content (AvgIpc) is 3.53. The van der Waals surface area contributed by atoms with Crippen LogP contribution < -0.4 is 10.5 Å². The minimum atomic E-state index is -4.83. The number of alkyl halides is 7. The van der Waals surface area contributed by atoms with E-state index < -0.39 is 72.3 Å². The molecule has 1 saturated heterocycles. The molecule has 1 aliphatic rings. The SMILES string of the molecule is CO.COc1ncc(-c2cc(C(F)(F)F)c3c(N)ncnn23)cc1C(=O)N(C)C1CN(C(=O)C(C)C(F)(F)F)CC1F. The molecule has 3 unspecified atom stereocenters. The molecule has 4 heterocycles. The van der Waals surface area contributed by atoms with E-state index in [0.29, 0.717) is 11.8 Å². The number of nitrogens with two attached hydrogens (primary N) is 1. The molecular formula is C24H26F7N7O4. The Morgan fingerprint density at radius 1 is 1.14 bits per heavy atom. The Hall–Kier alpha value is -4.22. The predicted molar refractivity (Wildman–Crippen MR) is 133 cm³/mol. The second-order valence-corrected chi connectivity index (χ2v) is 9.13. The van der Waals surface area contributed by atoms with Crippen molar-refractivity contribution >= 4 is 23.1 Å². The summed E-state index contributed by atoms with van der Waals surface area (Å²) in [6.07, 6.45) is -9.46. The zero-order valence-corrected chi connectivity index (χ0v) is 22.5. The fourth-order valence-electron chi connectivity index (χ4n) is 4.44. The first-order chi connectivity index (χ1) is 19.6. The number of aliphatic hydroxyl groups excluding tert-OH is 1. The number of ether oxygens (including phenoxy) is 1. The number of likely N-dealkylation sites (N-methyl/N-ethyl adjacent to an activating group) is 1. The zero-order chi connectivity index (χ0) is 31.7. The van der Waals surface area contributed by atoms with Crippen LogP contribution in [0, 0.1) is 5.92 Å². The second-order valence-electron chi connectivity index (χ2n) is 9.13. The molecule has 11 nitrogen and oxygen atoms in total. The maximum absolute atomic E-state index is 14.9. The van der Waals surface area contributed by atoms with E-state index in [1.165, 1.54) is 14.2 Å². The van der Waals surface area contributed by atoms with Gasteiger partial charge in [0, 0.05) is 32.5 Å². The first-order valence-corrected chi connectivity index (χ1v) is 12.0. The quantitative estimate of drug-likeness (QED) is 0.421. The molecule has 3 atom stereocenters. The van der Waals surface area contributed by atoms with Crippen LogP contribution in [0.15, 0.2) is 24.7 Å². The number of nitrogens with zero attached hydrogens (tertiary/aromatic N) is 6. The molecule has 4 rings (SSSR count). The van der Waals surface area contributed by atoms with E-state index in [2.05, 4.69) is 15.1 Å². The number of likely N-dealkylation sites (tertiary alicyclic amines) is 1. The van der Waals surface area contributed by atoms with E-state index in [9.17, 15) is 40.3 Å². The number of aromatic nitrogens is 4. The number of amides is 2. The number of rotatable bonds is 5. The Morgan fingerprint density at radius 3 is 2.36 bits per heavy atom. The van der Waals surface area contributed by atoms with Gasteiger partial charge in [-0.25, -0.2) is 18.9 Å². The molecule has 3 aromatic rings. The molecule has 0 radical (unpaired) electrons. The van der Waals surface area contributed by atoms with Crippen molar-refractivity contribution in [3.05, 3.63) is 35.8 Å². The molecule has 0 aliphatic carbocycles. The van der Waals surface area contributed by atoms with Gasteiger partial charge < -0.3 is 25.4 Å². The van der Waals surface area contributed by atoms with E-state index in [4.69, 9.17) is 15.6 Å². The van der Waals surface area contributed by atoms with E-state index >= 15 is 0 Å². The van der Waals surface area contributed by atoms with Crippen molar-refractivity contribution in [3.63, 3.8) is 0 Å². The van der Waals surface area contributed by atoms with Crippen LogP contribution in [0.25, 0.3) is 16.8 Å². The smallest absolute Gasteiger partial charge is 0.418 e. The molecule has 1 aliphatic heterocycles. The third kappa shape index (κ3) is 6.02. The van der Waals surface area contributed by atoms with Gasteiger partial charge in [0.05, 0.1) is 31.0 Å². The molecule has 0 saturated carbocycles. The van der Waals surface area contributed by atoms with Gasteiger partial charge in [-0.2, -0.15) is 31.4 Å². The highest BCUT2D eigenvalue weighted by Crippen LogP contribution is 2.39. The molecular weight excluding hydrogens is 583 g/mol. The molecule has 230 valence electrons. The number of anilines is 1. The molecule has 0 bridgehead atoms. The van der Waals surface area contributed by atoms with Gasteiger partial charge >= 0.3 is 12.4 Å². The van der Waals surface area contributed by atoms with Crippen LogP contribution in [0.5, 0.6) is 5.88 Å². The van der Waals surface area contributed by atoms with Crippen molar-refractivity contribution in [1.29, 1.82) is 0 Å². The summed E-state index contributed by atoms with van der Waals surface area (Å²) < 4.78 is 101. The van der Waals surface area contributed by atoms with Crippen molar-refractivity contribution in [3.8, 4) is 17.1 Å². The van der Waals surface area contributed by atoms with Gasteiger partial charge in [-0.05, 0) is 19.1 Å². The molecule has 3 aromatic heterocycles. The van der Waals surface area contributed by atoms with E-state index in [1.54, 1.807) is 0 Å². The number of methoxy groups -OCH3 is 1. The largest absolute Gasteiger partial charge is 0.480 e. The summed E-state index contributed by atoms with van der Waals surface area (Å²) >= 11 is 0. The Balaban J connectivity index is 0.00000237. The molecule has 2 amide bonds. The van der Waals surface area contributed by atoms with Crippen molar-refractivity contribution in [2.24, 2.45) is 5.92 Å². The van der Waals surface area contributed by atoms with Crippen LogP contribution in [-0.2, 0) is 11.0 Å². The maximum atomic E-state index is 14.9. The summed E-state index contributed by atoms with van der Waals surface area (Å²) in [6.45, 7) is -0.505. The number of pyridine rings is 1. The number of carbonyl (C=O) groups is 2. The highest BCUT2D eigenvalue weighted by atomic mass is 19.4. The Kier molecular flexibility index (Phi) is 9.19. The minimum absolute atomic E-state index is 0.0137. The first kappa shape index (κ1) is 32.3. The van der Waals surface area contributed by atoms with Crippen LogP contribution >= 0.6 is 0 Å². The molecule has 18 heteroatoms. The van der Waals surface area contributed by atoms with Crippen molar-refractivity contribution in [1.82, 2.24) is 29.4 Å². The fraction of sp³-hybridized carbons (Fsp3) is 0.458. The number of hydrogen-bond acceptors (Lipinski definition) is 8. The molecule has 42 heavy (non-hydrogen) atoms. The van der Waals surface area contributed by atoms with Crippen molar-refractivity contribution in [2.75, 3.05) is 40.1 Å². The predicted octanol–water partition coefficient (Wildman–Crippen LogP) is 2.83. The summed E-state index contributed by atoms with van der Waals surface area (Å²) in [5, 5.41) is 10.8. The topological polar surface area (TPSA) is 139 Å². The monoisotopic (exact) mass is 609 g/mol. The van der Waals surface area contributed by atoms with Crippen LogP contribution in [0.4, 0.5) is 36.6 Å². The zero-order valence-electron chi connectivity index (χ0n) is 22.5. The fourth-order valence-corrected chi connectivity index (χ4v) is 4.44. The molecule has 1 fully saturated rings. The average molecular weight is 610 g/mol. The standard InChI is InChI=1S/C23H22F7N7O3.CH4O/c1-10(22(25,26)27)20(38)36-7-14(24)16(8-36)35(2)21(39)12-4-11(6-32-19(12)40-3)15-5-13(23(28,29)30)17-18(31)33-9-34-37(15)17;1-2/h4-6,9-10,14,16H,7-8H2,1-3H3,(H2,31,33,34);2H,1H3. The summed E-state index contributed by atoms with van der Waals surface area (Å²) in [5.74, 6) is -5.29. The Labute approximate surface area is 233 Å². The summed E-state index contributed by atoms with van der Waals surface area (Å²) in [7, 11) is 3.35.